The number of nitrogens with zero attached hydrogens (tertiary/aromatic N) is 1. The first kappa shape index (κ1) is 24.9. The number of sulfonamides is 1. The standard InChI is InChI=1S/C26H30N2O3S2/c1-3-22-13-15-24(16-14-22)28(33(30,31)25-11-5-4-6-12-25)19-26(29)27-17-18-32-20-23-10-8-7-9-21(23)2/h4-16H,3,17-20H2,1-2H3,(H,27,29). The average Bonchev–Trinajstić information content (AvgIpc) is 2.84. The summed E-state index contributed by atoms with van der Waals surface area (Å²) < 4.78 is 27.8. The molecule has 0 radical (unpaired) electrons. The fourth-order valence-corrected chi connectivity index (χ4v) is 5.71. The van der Waals surface area contributed by atoms with Crippen LogP contribution in [0.3, 0.4) is 0 Å². The molecular formula is C26H30N2O3S2. The fourth-order valence-electron chi connectivity index (χ4n) is 3.34. The van der Waals surface area contributed by atoms with E-state index in [1.54, 1.807) is 54.2 Å². The molecular weight excluding hydrogens is 452 g/mol. The largest absolute Gasteiger partial charge is 0.354 e. The van der Waals surface area contributed by atoms with E-state index < -0.39 is 10.0 Å². The molecule has 0 bridgehead atoms. The van der Waals surface area contributed by atoms with Gasteiger partial charge >= 0.3 is 0 Å². The van der Waals surface area contributed by atoms with Crippen molar-refractivity contribution in [3.63, 3.8) is 0 Å². The topological polar surface area (TPSA) is 66.5 Å². The van der Waals surface area contributed by atoms with E-state index in [-0.39, 0.29) is 17.3 Å². The highest BCUT2D eigenvalue weighted by Crippen LogP contribution is 2.24. The number of carbonyl (C=O) groups excluding carboxylic acids is 1. The second kappa shape index (κ2) is 11.9. The predicted octanol–water partition coefficient (Wildman–Crippen LogP) is 4.80. The van der Waals surface area contributed by atoms with E-state index in [0.717, 1.165) is 23.5 Å². The summed E-state index contributed by atoms with van der Waals surface area (Å²) in [5.41, 5.74) is 4.11. The van der Waals surface area contributed by atoms with Crippen molar-refractivity contribution in [2.45, 2.75) is 30.9 Å². The van der Waals surface area contributed by atoms with Gasteiger partial charge in [-0.25, -0.2) is 8.42 Å². The van der Waals surface area contributed by atoms with Crippen molar-refractivity contribution in [2.75, 3.05) is 23.1 Å². The molecule has 0 aromatic heterocycles. The van der Waals surface area contributed by atoms with Gasteiger partial charge in [-0.3, -0.25) is 9.10 Å². The maximum absolute atomic E-state index is 13.3. The van der Waals surface area contributed by atoms with E-state index in [0.29, 0.717) is 12.2 Å². The number of aryl methyl sites for hydroxylation is 2. The van der Waals surface area contributed by atoms with Crippen LogP contribution in [0.5, 0.6) is 0 Å². The van der Waals surface area contributed by atoms with Crippen LogP contribution in [0.2, 0.25) is 0 Å². The molecule has 0 heterocycles. The van der Waals surface area contributed by atoms with Gasteiger partial charge in [0, 0.05) is 18.1 Å². The van der Waals surface area contributed by atoms with Crippen LogP contribution in [0.25, 0.3) is 0 Å². The van der Waals surface area contributed by atoms with E-state index in [9.17, 15) is 13.2 Å². The SMILES string of the molecule is CCc1ccc(N(CC(=O)NCCSCc2ccccc2C)S(=O)(=O)c2ccccc2)cc1. The zero-order valence-electron chi connectivity index (χ0n) is 19.0. The molecule has 33 heavy (non-hydrogen) atoms. The van der Waals surface area contributed by atoms with Crippen molar-refractivity contribution < 1.29 is 13.2 Å². The number of hydrogen-bond acceptors (Lipinski definition) is 4. The molecule has 0 aliphatic carbocycles. The summed E-state index contributed by atoms with van der Waals surface area (Å²) in [5, 5.41) is 2.86. The first-order valence-electron chi connectivity index (χ1n) is 11.0. The minimum atomic E-state index is -3.88. The first-order valence-corrected chi connectivity index (χ1v) is 13.6. The number of nitrogens with one attached hydrogen (secondary N) is 1. The summed E-state index contributed by atoms with van der Waals surface area (Å²) in [7, 11) is -3.88. The quantitative estimate of drug-likeness (QED) is 0.399. The van der Waals surface area contributed by atoms with Crippen molar-refractivity contribution in [2.24, 2.45) is 0 Å². The van der Waals surface area contributed by atoms with Crippen LogP contribution >= 0.6 is 11.8 Å². The molecule has 3 rings (SSSR count). The lowest BCUT2D eigenvalue weighted by Crippen LogP contribution is -2.41. The molecule has 0 saturated carbocycles. The van der Waals surface area contributed by atoms with Gasteiger partial charge in [-0.05, 0) is 54.3 Å². The van der Waals surface area contributed by atoms with E-state index in [2.05, 4.69) is 24.4 Å². The van der Waals surface area contributed by atoms with Crippen LogP contribution in [0.4, 0.5) is 5.69 Å². The summed E-state index contributed by atoms with van der Waals surface area (Å²) in [6, 6.07) is 23.7. The molecule has 3 aromatic rings. The highest BCUT2D eigenvalue weighted by molar-refractivity contribution is 7.98. The van der Waals surface area contributed by atoms with E-state index in [1.807, 2.05) is 31.2 Å². The minimum absolute atomic E-state index is 0.158. The Morgan fingerprint density at radius 3 is 2.27 bits per heavy atom. The molecule has 0 fully saturated rings. The molecule has 0 saturated heterocycles. The van der Waals surface area contributed by atoms with Crippen molar-refractivity contribution >= 4 is 33.4 Å². The number of anilines is 1. The van der Waals surface area contributed by atoms with Gasteiger partial charge in [0.25, 0.3) is 10.0 Å². The lowest BCUT2D eigenvalue weighted by Gasteiger charge is -2.24. The number of benzene rings is 3. The van der Waals surface area contributed by atoms with Crippen LogP contribution in [0.1, 0.15) is 23.6 Å². The Labute approximate surface area is 201 Å². The van der Waals surface area contributed by atoms with E-state index >= 15 is 0 Å². The molecule has 7 heteroatoms. The molecule has 1 amide bonds. The maximum Gasteiger partial charge on any atom is 0.264 e. The summed E-state index contributed by atoms with van der Waals surface area (Å²) in [5.74, 6) is 1.29. The zero-order valence-corrected chi connectivity index (χ0v) is 20.7. The van der Waals surface area contributed by atoms with Gasteiger partial charge in [0.2, 0.25) is 5.91 Å². The smallest absolute Gasteiger partial charge is 0.264 e. The van der Waals surface area contributed by atoms with E-state index in [4.69, 9.17) is 0 Å². The van der Waals surface area contributed by atoms with E-state index in [1.165, 1.54) is 15.4 Å². The summed E-state index contributed by atoms with van der Waals surface area (Å²) in [4.78, 5) is 12.8. The van der Waals surface area contributed by atoms with Crippen LogP contribution in [0.15, 0.2) is 83.8 Å². The molecule has 5 nitrogen and oxygen atoms in total. The molecule has 1 N–H and O–H groups in total. The normalized spacial score (nSPS) is 11.2. The lowest BCUT2D eigenvalue weighted by molar-refractivity contribution is -0.119. The van der Waals surface area contributed by atoms with Crippen LogP contribution in [-0.2, 0) is 27.0 Å². The van der Waals surface area contributed by atoms with Crippen LogP contribution < -0.4 is 9.62 Å². The minimum Gasteiger partial charge on any atom is -0.354 e. The summed E-state index contributed by atoms with van der Waals surface area (Å²) in [6.07, 6.45) is 0.854. The third kappa shape index (κ3) is 6.85. The molecule has 0 aliphatic heterocycles. The second-order valence-corrected chi connectivity index (χ2v) is 10.6. The number of hydrogen-bond donors (Lipinski definition) is 1. The highest BCUT2D eigenvalue weighted by Gasteiger charge is 2.27. The predicted molar refractivity (Wildman–Crippen MR) is 137 cm³/mol. The van der Waals surface area contributed by atoms with Crippen LogP contribution in [-0.4, -0.2) is 33.2 Å². The monoisotopic (exact) mass is 482 g/mol. The number of thioether (sulfide) groups is 1. The van der Waals surface area contributed by atoms with Crippen LogP contribution in [0, 0.1) is 6.92 Å². The Kier molecular flexibility index (Phi) is 8.97. The summed E-state index contributed by atoms with van der Waals surface area (Å²) >= 11 is 1.74. The third-order valence-electron chi connectivity index (χ3n) is 5.34. The van der Waals surface area contributed by atoms with Crippen molar-refractivity contribution in [3.05, 3.63) is 95.6 Å². The Morgan fingerprint density at radius 1 is 0.939 bits per heavy atom. The van der Waals surface area contributed by atoms with Gasteiger partial charge in [0.05, 0.1) is 10.6 Å². The Hall–Kier alpha value is -2.77. The Balaban J connectivity index is 1.64. The Bertz CT molecular complexity index is 1150. The van der Waals surface area contributed by atoms with Gasteiger partial charge in [-0.1, -0.05) is 61.5 Å². The van der Waals surface area contributed by atoms with Crippen molar-refractivity contribution in [3.8, 4) is 0 Å². The summed E-state index contributed by atoms with van der Waals surface area (Å²) in [6.45, 7) is 4.33. The van der Waals surface area contributed by atoms with Gasteiger partial charge in [0.15, 0.2) is 0 Å². The average molecular weight is 483 g/mol. The van der Waals surface area contributed by atoms with Gasteiger partial charge < -0.3 is 5.32 Å². The number of rotatable bonds is 11. The first-order chi connectivity index (χ1) is 15.9. The molecule has 0 unspecified atom stereocenters. The van der Waals surface area contributed by atoms with Gasteiger partial charge in [0.1, 0.15) is 6.54 Å². The van der Waals surface area contributed by atoms with Crippen molar-refractivity contribution in [1.82, 2.24) is 5.32 Å². The molecule has 0 atom stereocenters. The molecule has 0 spiro atoms. The molecule has 3 aromatic carbocycles. The van der Waals surface area contributed by atoms with Gasteiger partial charge in [-0.2, -0.15) is 11.8 Å². The fraction of sp³-hybridized carbons (Fsp3) is 0.269. The molecule has 174 valence electrons. The third-order valence-corrected chi connectivity index (χ3v) is 8.13. The van der Waals surface area contributed by atoms with Crippen molar-refractivity contribution in [1.29, 1.82) is 0 Å². The number of amides is 1. The molecule has 0 aliphatic rings. The van der Waals surface area contributed by atoms with Gasteiger partial charge in [-0.15, -0.1) is 0 Å². The lowest BCUT2D eigenvalue weighted by atomic mass is 10.1. The Morgan fingerprint density at radius 2 is 1.61 bits per heavy atom. The maximum atomic E-state index is 13.3. The highest BCUT2D eigenvalue weighted by atomic mass is 32.2. The second-order valence-electron chi connectivity index (χ2n) is 7.67. The number of carbonyl (C=O) groups is 1. The zero-order chi connectivity index (χ0) is 23.7.